The van der Waals surface area contributed by atoms with Crippen LogP contribution in [0.1, 0.15) is 0 Å². The van der Waals surface area contributed by atoms with Crippen LogP contribution in [0.15, 0.2) is 273 Å². The van der Waals surface area contributed by atoms with Gasteiger partial charge in [-0.3, -0.25) is 0 Å². The van der Waals surface area contributed by atoms with E-state index in [-0.39, 0.29) is 25.0 Å². The second kappa shape index (κ2) is 22.9. The molecule has 9 aromatic carbocycles. The van der Waals surface area contributed by atoms with Gasteiger partial charge >= 0.3 is 19.5 Å². The van der Waals surface area contributed by atoms with Gasteiger partial charge in [0, 0.05) is 47.7 Å². The molecular formula is C54H47O4P3Zn+2. The Kier molecular flexibility index (Phi) is 17.5. The summed E-state index contributed by atoms with van der Waals surface area (Å²) in [4.78, 5) is 0. The Bertz CT molecular complexity index is 2180. The van der Waals surface area contributed by atoms with Gasteiger partial charge in [-0.2, -0.15) is 0 Å². The third-order valence-electron chi connectivity index (χ3n) is 10.1. The van der Waals surface area contributed by atoms with E-state index in [0.29, 0.717) is 0 Å². The molecule has 0 bridgehead atoms. The van der Waals surface area contributed by atoms with Crippen LogP contribution in [0, 0.1) is 0 Å². The molecule has 0 aromatic heterocycles. The Labute approximate surface area is 378 Å². The molecule has 0 aliphatic rings. The van der Waals surface area contributed by atoms with Crippen molar-refractivity contribution in [1.29, 1.82) is 0 Å². The van der Waals surface area contributed by atoms with Crippen LogP contribution in [-0.4, -0.2) is 5.48 Å². The third kappa shape index (κ3) is 10.6. The van der Waals surface area contributed by atoms with Gasteiger partial charge in [0.25, 0.3) is 0 Å². The average Bonchev–Trinajstić information content (AvgIpc) is 3.36. The summed E-state index contributed by atoms with van der Waals surface area (Å²) in [6.07, 6.45) is 0. The summed E-state index contributed by atoms with van der Waals surface area (Å²) in [5.41, 5.74) is 0. The molecule has 0 radical (unpaired) electrons. The minimum atomic E-state index is -2.78. The van der Waals surface area contributed by atoms with Gasteiger partial charge in [-0.1, -0.05) is 273 Å². The van der Waals surface area contributed by atoms with E-state index in [1.54, 1.807) is 0 Å². The zero-order valence-corrected chi connectivity index (χ0v) is 39.9. The topological polar surface area (TPSA) is 82.7 Å². The quantitative estimate of drug-likeness (QED) is 0.107. The van der Waals surface area contributed by atoms with Gasteiger partial charge in [-0.15, -0.1) is 0 Å². The van der Waals surface area contributed by atoms with Crippen LogP contribution in [-0.2, 0) is 33.2 Å². The van der Waals surface area contributed by atoms with Crippen LogP contribution >= 0.6 is 21.4 Å². The van der Waals surface area contributed by atoms with Gasteiger partial charge in [0.15, 0.2) is 21.4 Å². The van der Waals surface area contributed by atoms with Gasteiger partial charge in [-0.05, 0) is 0 Å². The van der Waals surface area contributed by atoms with Crippen molar-refractivity contribution in [2.75, 3.05) is 0 Å². The normalized spacial score (nSPS) is 10.8. The molecule has 9 aromatic rings. The maximum Gasteiger partial charge on any atom is 2.00 e. The first-order valence-electron chi connectivity index (χ1n) is 19.8. The molecule has 0 atom stereocenters. The molecule has 4 nitrogen and oxygen atoms in total. The number of benzene rings is 9. The van der Waals surface area contributed by atoms with E-state index in [0.717, 1.165) is 47.7 Å². The molecule has 0 saturated heterocycles. The van der Waals surface area contributed by atoms with Crippen LogP contribution in [0.3, 0.4) is 0 Å². The summed E-state index contributed by atoms with van der Waals surface area (Å²) in [6.45, 7) is 0. The molecule has 0 aliphatic carbocycles. The van der Waals surface area contributed by atoms with Gasteiger partial charge in [0.2, 0.25) is 0 Å². The Balaban J connectivity index is 0.000000173. The van der Waals surface area contributed by atoms with E-state index in [9.17, 15) is 13.7 Å². The van der Waals surface area contributed by atoms with Crippen molar-refractivity contribution >= 4 is 69.2 Å². The predicted molar refractivity (Wildman–Crippen MR) is 261 cm³/mol. The van der Waals surface area contributed by atoms with E-state index in [2.05, 4.69) is 0 Å². The van der Waals surface area contributed by atoms with Crippen molar-refractivity contribution in [3.63, 3.8) is 0 Å². The first-order chi connectivity index (χ1) is 29.4. The minimum absolute atomic E-state index is 0. The molecule has 0 amide bonds. The van der Waals surface area contributed by atoms with Crippen LogP contribution in [0.2, 0.25) is 0 Å². The van der Waals surface area contributed by atoms with Crippen molar-refractivity contribution in [3.05, 3.63) is 273 Å². The van der Waals surface area contributed by atoms with Crippen LogP contribution < -0.4 is 47.7 Å². The zero-order valence-electron chi connectivity index (χ0n) is 34.3. The van der Waals surface area contributed by atoms with Gasteiger partial charge in [0.1, 0.15) is 0 Å². The monoisotopic (exact) mass is 916 g/mol. The number of hydrogen-bond donors (Lipinski definition) is 0. The fourth-order valence-electron chi connectivity index (χ4n) is 7.08. The minimum Gasteiger partial charge on any atom is -0.412 e. The maximum absolute atomic E-state index is 13.8. The summed E-state index contributed by atoms with van der Waals surface area (Å²) in [6, 6.07) is 87.4. The first kappa shape index (κ1) is 47.3. The van der Waals surface area contributed by atoms with E-state index in [4.69, 9.17) is 0 Å². The number of hydrogen-bond acceptors (Lipinski definition) is 3. The smallest absolute Gasteiger partial charge is 0.412 e. The van der Waals surface area contributed by atoms with Crippen molar-refractivity contribution in [1.82, 2.24) is 0 Å². The van der Waals surface area contributed by atoms with Gasteiger partial charge in [0.05, 0.1) is 0 Å². The average molecular weight is 918 g/mol. The summed E-state index contributed by atoms with van der Waals surface area (Å²) in [5, 5.41) is 7.85. The molecular weight excluding hydrogens is 871 g/mol. The van der Waals surface area contributed by atoms with Crippen molar-refractivity contribution in [3.8, 4) is 0 Å². The molecule has 2 N–H and O–H groups in total. The maximum atomic E-state index is 13.8. The summed E-state index contributed by atoms with van der Waals surface area (Å²) < 4.78 is 41.5. The molecule has 62 heavy (non-hydrogen) atoms. The number of rotatable bonds is 9. The van der Waals surface area contributed by atoms with E-state index < -0.39 is 21.4 Å². The summed E-state index contributed by atoms with van der Waals surface area (Å²) >= 11 is 0. The van der Waals surface area contributed by atoms with E-state index in [1.807, 2.05) is 273 Å². The van der Waals surface area contributed by atoms with E-state index >= 15 is 0 Å². The fourth-order valence-corrected chi connectivity index (χ4v) is 15.1. The zero-order chi connectivity index (χ0) is 41.5. The third-order valence-corrected chi connectivity index (χ3v) is 19.3. The second-order valence-electron chi connectivity index (χ2n) is 13.8. The van der Waals surface area contributed by atoms with Gasteiger partial charge in [-0.25, -0.2) is 0 Å². The Morgan fingerprint density at radius 2 is 0.258 bits per heavy atom. The molecule has 0 aliphatic heterocycles. The van der Waals surface area contributed by atoms with Crippen molar-refractivity contribution in [2.45, 2.75) is 0 Å². The Hall–Kier alpha value is -5.75. The van der Waals surface area contributed by atoms with Crippen molar-refractivity contribution in [2.24, 2.45) is 0 Å². The molecule has 9 rings (SSSR count). The standard InChI is InChI=1S/3C18H15OP.H2O.Zn/c3*19-20(16-10-4-1-5-11-16,17-12-6-2-7-13-17)18-14-8-3-9-15-18;;/h3*1-15H;1H2;/q;;;;+2. The van der Waals surface area contributed by atoms with Crippen LogP contribution in [0.25, 0.3) is 0 Å². The van der Waals surface area contributed by atoms with Crippen LogP contribution in [0.5, 0.6) is 0 Å². The SMILES string of the molecule is O.O=P(c1ccccc1)(c1ccccc1)c1ccccc1.O=P(c1ccccc1)(c1ccccc1)c1ccccc1.O=P(c1ccccc1)(c1ccccc1)c1ccccc1.[Zn+2]. The summed E-state index contributed by atoms with van der Waals surface area (Å²) in [7, 11) is -8.33. The molecule has 0 unspecified atom stereocenters. The summed E-state index contributed by atoms with van der Waals surface area (Å²) in [5.74, 6) is 0. The molecule has 0 spiro atoms. The second-order valence-corrected chi connectivity index (χ2v) is 22.2. The predicted octanol–water partition coefficient (Wildman–Crippen LogP) is 9.15. The Morgan fingerprint density at radius 1 is 0.177 bits per heavy atom. The molecule has 0 heterocycles. The Morgan fingerprint density at radius 3 is 0.339 bits per heavy atom. The first-order valence-corrected chi connectivity index (χ1v) is 24.9. The fraction of sp³-hybridized carbons (Fsp3) is 0. The molecule has 0 fully saturated rings. The molecule has 0 saturated carbocycles. The van der Waals surface area contributed by atoms with E-state index in [1.165, 1.54) is 0 Å². The van der Waals surface area contributed by atoms with Crippen molar-refractivity contribution < 1.29 is 38.6 Å². The molecule has 8 heteroatoms. The van der Waals surface area contributed by atoms with Crippen LogP contribution in [0.4, 0.5) is 0 Å². The largest absolute Gasteiger partial charge is 2.00 e. The van der Waals surface area contributed by atoms with Gasteiger partial charge < -0.3 is 19.2 Å². The molecule has 302 valence electrons.